The number of carbonyl (C=O) groups is 1. The van der Waals surface area contributed by atoms with Crippen LogP contribution in [0.4, 0.5) is 11.4 Å². The summed E-state index contributed by atoms with van der Waals surface area (Å²) in [4.78, 5) is 12.5. The molecule has 0 aliphatic carbocycles. The molecule has 0 spiro atoms. The first-order valence-electron chi connectivity index (χ1n) is 9.82. The lowest BCUT2D eigenvalue weighted by molar-refractivity contribution is 0.0995. The molecular formula is C24H19N3O5S. The minimum Gasteiger partial charge on any atom is -0.505 e. The van der Waals surface area contributed by atoms with E-state index in [0.29, 0.717) is 16.5 Å². The molecule has 0 heterocycles. The first-order valence-corrected chi connectivity index (χ1v) is 11.3. The number of azo groups is 1. The van der Waals surface area contributed by atoms with E-state index in [9.17, 15) is 18.3 Å². The lowest BCUT2D eigenvalue weighted by atomic mass is 10.1. The van der Waals surface area contributed by atoms with Gasteiger partial charge in [0.2, 0.25) is 0 Å². The van der Waals surface area contributed by atoms with Gasteiger partial charge in [0.05, 0.1) is 17.7 Å². The van der Waals surface area contributed by atoms with Crippen molar-refractivity contribution in [3.63, 3.8) is 0 Å². The Hall–Kier alpha value is -4.24. The van der Waals surface area contributed by atoms with E-state index in [2.05, 4.69) is 15.0 Å². The fourth-order valence-corrected chi connectivity index (χ4v) is 4.29. The third kappa shape index (κ3) is 4.68. The standard InChI is InChI=1S/C24H19N3O5S/c1-32-17-13-11-16(12-14-17)24(29)26-25-22-15-21(19-9-5-6-10-20(19)23(22)28)27-33(30,31)18-7-3-2-4-8-18/h2-15,27-28H,1H3. The van der Waals surface area contributed by atoms with Crippen LogP contribution >= 0.6 is 0 Å². The van der Waals surface area contributed by atoms with E-state index < -0.39 is 15.9 Å². The van der Waals surface area contributed by atoms with E-state index in [-0.39, 0.29) is 27.6 Å². The Kier molecular flexibility index (Phi) is 6.05. The van der Waals surface area contributed by atoms with Gasteiger partial charge in [0.15, 0.2) is 5.75 Å². The van der Waals surface area contributed by atoms with Crippen molar-refractivity contribution in [3.05, 3.63) is 90.5 Å². The zero-order valence-electron chi connectivity index (χ0n) is 17.5. The topological polar surface area (TPSA) is 117 Å². The summed E-state index contributed by atoms with van der Waals surface area (Å²) in [5.74, 6) is -0.262. The molecule has 33 heavy (non-hydrogen) atoms. The summed E-state index contributed by atoms with van der Waals surface area (Å²) in [6.07, 6.45) is 0. The number of anilines is 1. The number of phenols is 1. The second-order valence-corrected chi connectivity index (χ2v) is 8.67. The average molecular weight is 461 g/mol. The van der Waals surface area contributed by atoms with Crippen molar-refractivity contribution in [1.29, 1.82) is 0 Å². The van der Waals surface area contributed by atoms with Crippen LogP contribution in [0, 0.1) is 0 Å². The highest BCUT2D eigenvalue weighted by Crippen LogP contribution is 2.40. The molecule has 0 radical (unpaired) electrons. The Bertz CT molecular complexity index is 1450. The predicted octanol–water partition coefficient (Wildman–Crippen LogP) is 5.28. The molecule has 0 unspecified atom stereocenters. The Morgan fingerprint density at radius 3 is 2.21 bits per heavy atom. The molecule has 0 saturated carbocycles. The second kappa shape index (κ2) is 9.09. The molecule has 8 nitrogen and oxygen atoms in total. The van der Waals surface area contributed by atoms with Gasteiger partial charge in [-0.25, -0.2) is 8.42 Å². The van der Waals surface area contributed by atoms with Gasteiger partial charge in [-0.1, -0.05) is 42.5 Å². The van der Waals surface area contributed by atoms with E-state index in [1.807, 2.05) is 0 Å². The Labute approximate surface area is 190 Å². The first-order chi connectivity index (χ1) is 15.9. The molecule has 9 heteroatoms. The molecule has 0 fully saturated rings. The van der Waals surface area contributed by atoms with Crippen LogP contribution in [0.2, 0.25) is 0 Å². The van der Waals surface area contributed by atoms with Gasteiger partial charge in [0.25, 0.3) is 15.9 Å². The quantitative estimate of drug-likeness (QED) is 0.299. The van der Waals surface area contributed by atoms with E-state index in [1.165, 1.54) is 25.3 Å². The molecule has 4 aromatic rings. The largest absolute Gasteiger partial charge is 0.505 e. The van der Waals surface area contributed by atoms with Crippen molar-refractivity contribution in [2.45, 2.75) is 4.90 Å². The van der Waals surface area contributed by atoms with Crippen LogP contribution in [0.5, 0.6) is 11.5 Å². The molecule has 4 aromatic carbocycles. The smallest absolute Gasteiger partial charge is 0.295 e. The number of phenolic OH excluding ortho intramolecular Hbond substituents is 1. The number of nitrogens with one attached hydrogen (secondary N) is 1. The maximum Gasteiger partial charge on any atom is 0.295 e. The van der Waals surface area contributed by atoms with Crippen LogP contribution in [-0.4, -0.2) is 26.5 Å². The first kappa shape index (κ1) is 22.0. The van der Waals surface area contributed by atoms with Gasteiger partial charge in [-0.3, -0.25) is 9.52 Å². The summed E-state index contributed by atoms with van der Waals surface area (Å²) < 4.78 is 33.3. The zero-order chi connectivity index (χ0) is 23.4. The van der Waals surface area contributed by atoms with Crippen molar-refractivity contribution in [1.82, 2.24) is 0 Å². The van der Waals surface area contributed by atoms with Crippen LogP contribution in [0.3, 0.4) is 0 Å². The number of ether oxygens (including phenoxy) is 1. The van der Waals surface area contributed by atoms with Gasteiger partial charge < -0.3 is 9.84 Å². The summed E-state index contributed by atoms with van der Waals surface area (Å²) >= 11 is 0. The number of amides is 1. The van der Waals surface area contributed by atoms with Gasteiger partial charge in [0, 0.05) is 16.3 Å². The number of sulfonamides is 1. The highest BCUT2D eigenvalue weighted by Gasteiger charge is 2.18. The van der Waals surface area contributed by atoms with Crippen molar-refractivity contribution < 1.29 is 23.1 Å². The minimum atomic E-state index is -3.90. The van der Waals surface area contributed by atoms with Crippen LogP contribution in [0.15, 0.2) is 100 Å². The fraction of sp³-hybridized carbons (Fsp3) is 0.0417. The third-order valence-electron chi connectivity index (χ3n) is 4.88. The second-order valence-electron chi connectivity index (χ2n) is 6.99. The third-order valence-corrected chi connectivity index (χ3v) is 6.26. The predicted molar refractivity (Wildman–Crippen MR) is 125 cm³/mol. The number of nitrogens with zero attached hydrogens (tertiary/aromatic N) is 2. The molecule has 1 amide bonds. The summed E-state index contributed by atoms with van der Waals surface area (Å²) in [6, 6.07) is 22.3. The Balaban J connectivity index is 1.72. The number of fused-ring (bicyclic) bond motifs is 1. The molecule has 0 aliphatic heterocycles. The minimum absolute atomic E-state index is 0.0543. The number of hydrogen-bond donors (Lipinski definition) is 2. The Morgan fingerprint density at radius 2 is 1.55 bits per heavy atom. The maximum atomic E-state index is 12.9. The van der Waals surface area contributed by atoms with Gasteiger partial charge in [-0.05, 0) is 42.5 Å². The lowest BCUT2D eigenvalue weighted by Crippen LogP contribution is -2.13. The summed E-state index contributed by atoms with van der Waals surface area (Å²) in [6.45, 7) is 0. The molecule has 0 bridgehead atoms. The summed E-state index contributed by atoms with van der Waals surface area (Å²) in [5.41, 5.74) is 0.421. The van der Waals surface area contributed by atoms with Crippen LogP contribution in [0.25, 0.3) is 10.8 Å². The van der Waals surface area contributed by atoms with Crippen molar-refractivity contribution in [2.24, 2.45) is 10.2 Å². The summed E-state index contributed by atoms with van der Waals surface area (Å²) in [7, 11) is -2.38. The van der Waals surface area contributed by atoms with Crippen molar-refractivity contribution >= 4 is 38.1 Å². The van der Waals surface area contributed by atoms with Gasteiger partial charge in [-0.2, -0.15) is 0 Å². The molecule has 4 rings (SSSR count). The highest BCUT2D eigenvalue weighted by atomic mass is 32.2. The number of benzene rings is 4. The number of rotatable bonds is 6. The number of carbonyl (C=O) groups excluding carboxylic acids is 1. The van der Waals surface area contributed by atoms with Crippen LogP contribution < -0.4 is 9.46 Å². The van der Waals surface area contributed by atoms with Gasteiger partial charge in [-0.15, -0.1) is 10.2 Å². The lowest BCUT2D eigenvalue weighted by Gasteiger charge is -2.13. The van der Waals surface area contributed by atoms with E-state index in [0.717, 1.165) is 0 Å². The SMILES string of the molecule is COc1ccc(C(=O)N=Nc2cc(NS(=O)(=O)c3ccccc3)c3ccccc3c2O)cc1. The van der Waals surface area contributed by atoms with E-state index in [1.54, 1.807) is 66.7 Å². The van der Waals surface area contributed by atoms with Crippen molar-refractivity contribution in [2.75, 3.05) is 11.8 Å². The van der Waals surface area contributed by atoms with E-state index in [4.69, 9.17) is 4.74 Å². The molecule has 166 valence electrons. The highest BCUT2D eigenvalue weighted by molar-refractivity contribution is 7.92. The molecule has 2 N–H and O–H groups in total. The molecule has 0 atom stereocenters. The van der Waals surface area contributed by atoms with E-state index >= 15 is 0 Å². The van der Waals surface area contributed by atoms with Crippen molar-refractivity contribution in [3.8, 4) is 11.5 Å². The maximum absolute atomic E-state index is 12.9. The normalized spacial score (nSPS) is 11.5. The molecule has 0 aliphatic rings. The fourth-order valence-electron chi connectivity index (χ4n) is 3.20. The molecular weight excluding hydrogens is 442 g/mol. The molecule has 0 saturated heterocycles. The average Bonchev–Trinajstić information content (AvgIpc) is 2.85. The van der Waals surface area contributed by atoms with Gasteiger partial charge in [0.1, 0.15) is 11.4 Å². The number of hydrogen-bond acceptors (Lipinski definition) is 6. The number of aromatic hydroxyl groups is 1. The summed E-state index contributed by atoms with van der Waals surface area (Å²) in [5, 5.41) is 19.1. The molecule has 0 aromatic heterocycles. The van der Waals surface area contributed by atoms with Crippen LogP contribution in [0.1, 0.15) is 10.4 Å². The Morgan fingerprint density at radius 1 is 0.909 bits per heavy atom. The van der Waals surface area contributed by atoms with Gasteiger partial charge >= 0.3 is 0 Å². The zero-order valence-corrected chi connectivity index (χ0v) is 18.3. The number of methoxy groups -OCH3 is 1. The monoisotopic (exact) mass is 461 g/mol. The van der Waals surface area contributed by atoms with Crippen LogP contribution in [-0.2, 0) is 10.0 Å².